The smallest absolute Gasteiger partial charge is 0.200 e. The Morgan fingerprint density at radius 1 is 1.26 bits per heavy atom. The normalized spacial score (nSPS) is 17.7. The van der Waals surface area contributed by atoms with Crippen molar-refractivity contribution in [3.8, 4) is 17.1 Å². The van der Waals surface area contributed by atoms with Gasteiger partial charge in [-0.05, 0) is 38.6 Å². The average molecular weight is 370 g/mol. The summed E-state index contributed by atoms with van der Waals surface area (Å²) in [7, 11) is 5.96. The molecule has 1 aliphatic rings. The molecule has 2 aromatic heterocycles. The zero-order chi connectivity index (χ0) is 19.3. The summed E-state index contributed by atoms with van der Waals surface area (Å²) in [5.41, 5.74) is 2.23. The summed E-state index contributed by atoms with van der Waals surface area (Å²) in [6, 6.07) is 2.87. The Morgan fingerprint density at radius 2 is 2.04 bits per heavy atom. The third-order valence-corrected chi connectivity index (χ3v) is 5.35. The number of benzene rings is 1. The zero-order valence-electron chi connectivity index (χ0n) is 15.9. The van der Waals surface area contributed by atoms with Crippen LogP contribution in [0.3, 0.4) is 0 Å². The summed E-state index contributed by atoms with van der Waals surface area (Å²) in [6.45, 7) is 3.81. The van der Waals surface area contributed by atoms with Crippen molar-refractivity contribution in [3.05, 3.63) is 29.7 Å². The number of halogens is 1. The van der Waals surface area contributed by atoms with Crippen LogP contribution in [-0.2, 0) is 7.05 Å². The van der Waals surface area contributed by atoms with Gasteiger partial charge in [-0.1, -0.05) is 0 Å². The van der Waals surface area contributed by atoms with Gasteiger partial charge in [0.15, 0.2) is 11.3 Å². The molecule has 1 atom stereocenters. The molecule has 1 fully saturated rings. The minimum absolute atomic E-state index is 0.141. The third kappa shape index (κ3) is 2.99. The van der Waals surface area contributed by atoms with Gasteiger partial charge in [-0.15, -0.1) is 0 Å². The molecule has 1 saturated heterocycles. The lowest BCUT2D eigenvalue weighted by Gasteiger charge is -2.24. The maximum absolute atomic E-state index is 13.5. The molecule has 1 aromatic carbocycles. The van der Waals surface area contributed by atoms with Gasteiger partial charge in [-0.2, -0.15) is 0 Å². The van der Waals surface area contributed by atoms with Gasteiger partial charge < -0.3 is 19.5 Å². The van der Waals surface area contributed by atoms with E-state index in [2.05, 4.69) is 31.8 Å². The number of aryl methyl sites for hydroxylation is 2. The number of hydrogen-bond donors (Lipinski definition) is 1. The number of imidazole rings is 1. The second-order valence-electron chi connectivity index (χ2n) is 7.30. The lowest BCUT2D eigenvalue weighted by atomic mass is 10.1. The second-order valence-corrected chi connectivity index (χ2v) is 7.30. The Labute approximate surface area is 157 Å². The fraction of sp³-hybridized carbons (Fsp3) is 0.421. The number of aromatic nitrogens is 4. The van der Waals surface area contributed by atoms with E-state index in [-0.39, 0.29) is 5.75 Å². The van der Waals surface area contributed by atoms with Gasteiger partial charge in [0.05, 0.1) is 11.8 Å². The van der Waals surface area contributed by atoms with Crippen LogP contribution in [0.1, 0.15) is 12.0 Å². The summed E-state index contributed by atoms with van der Waals surface area (Å²) in [5.74, 6) is 0.666. The Kier molecular flexibility index (Phi) is 4.22. The summed E-state index contributed by atoms with van der Waals surface area (Å²) in [6.07, 6.45) is 2.84. The van der Waals surface area contributed by atoms with E-state index in [1.54, 1.807) is 17.7 Å². The Hall–Kier alpha value is -2.74. The SMILES string of the molecule is Cc1cc(F)cc(O)c1-c1nc2nc(N(C)C3CCN(C)C3)cnc2n1C. The highest BCUT2D eigenvalue weighted by Gasteiger charge is 2.25. The molecule has 3 heterocycles. The van der Waals surface area contributed by atoms with E-state index in [4.69, 9.17) is 0 Å². The van der Waals surface area contributed by atoms with Crippen LogP contribution < -0.4 is 4.90 Å². The molecule has 1 aliphatic heterocycles. The number of nitrogens with zero attached hydrogens (tertiary/aromatic N) is 6. The topological polar surface area (TPSA) is 70.3 Å². The molecule has 0 saturated carbocycles. The first-order valence-corrected chi connectivity index (χ1v) is 8.95. The van der Waals surface area contributed by atoms with Crippen LogP contribution in [0.5, 0.6) is 5.75 Å². The van der Waals surface area contributed by atoms with Gasteiger partial charge in [0.25, 0.3) is 0 Å². The van der Waals surface area contributed by atoms with Crippen LogP contribution in [0.4, 0.5) is 10.2 Å². The van der Waals surface area contributed by atoms with E-state index in [0.717, 1.165) is 31.4 Å². The molecular formula is C19H23FN6O. The monoisotopic (exact) mass is 370 g/mol. The highest BCUT2D eigenvalue weighted by Crippen LogP contribution is 2.34. The summed E-state index contributed by atoms with van der Waals surface area (Å²) >= 11 is 0. The minimum atomic E-state index is -0.478. The zero-order valence-corrected chi connectivity index (χ0v) is 15.9. The molecule has 0 radical (unpaired) electrons. The quantitative estimate of drug-likeness (QED) is 0.763. The van der Waals surface area contributed by atoms with Crippen LogP contribution in [0.25, 0.3) is 22.7 Å². The largest absolute Gasteiger partial charge is 0.507 e. The summed E-state index contributed by atoms with van der Waals surface area (Å²) in [5, 5.41) is 10.2. The lowest BCUT2D eigenvalue weighted by Crippen LogP contribution is -2.34. The lowest BCUT2D eigenvalue weighted by molar-refractivity contribution is 0.409. The van der Waals surface area contributed by atoms with Crippen molar-refractivity contribution >= 4 is 17.1 Å². The number of fused-ring (bicyclic) bond motifs is 1. The highest BCUT2D eigenvalue weighted by atomic mass is 19.1. The van der Waals surface area contributed by atoms with Gasteiger partial charge in [0.1, 0.15) is 23.2 Å². The first-order chi connectivity index (χ1) is 12.8. The van der Waals surface area contributed by atoms with Gasteiger partial charge in [0.2, 0.25) is 0 Å². The van der Waals surface area contributed by atoms with Gasteiger partial charge >= 0.3 is 0 Å². The molecular weight excluding hydrogens is 347 g/mol. The number of hydrogen-bond acceptors (Lipinski definition) is 6. The van der Waals surface area contributed by atoms with Crippen molar-refractivity contribution in [3.63, 3.8) is 0 Å². The van der Waals surface area contributed by atoms with Gasteiger partial charge in [0, 0.05) is 32.7 Å². The predicted molar refractivity (Wildman–Crippen MR) is 102 cm³/mol. The molecule has 0 bridgehead atoms. The van der Waals surface area contributed by atoms with E-state index in [1.807, 2.05) is 14.1 Å². The Morgan fingerprint density at radius 3 is 2.70 bits per heavy atom. The number of likely N-dealkylation sites (N-methyl/N-ethyl adjacent to an activating group) is 2. The molecule has 27 heavy (non-hydrogen) atoms. The molecule has 3 aromatic rings. The molecule has 4 rings (SSSR count). The predicted octanol–water partition coefficient (Wildman–Crippen LogP) is 2.32. The van der Waals surface area contributed by atoms with E-state index >= 15 is 0 Å². The van der Waals surface area contributed by atoms with E-state index in [0.29, 0.717) is 34.3 Å². The molecule has 0 amide bonds. The number of phenols is 1. The van der Waals surface area contributed by atoms with Crippen LogP contribution in [0.2, 0.25) is 0 Å². The fourth-order valence-corrected chi connectivity index (χ4v) is 3.78. The van der Waals surface area contributed by atoms with Crippen molar-refractivity contribution in [2.45, 2.75) is 19.4 Å². The minimum Gasteiger partial charge on any atom is -0.507 e. The molecule has 0 spiro atoms. The number of phenolic OH excluding ortho intramolecular Hbond substituents is 1. The second kappa shape index (κ2) is 6.45. The van der Waals surface area contributed by atoms with E-state index in [9.17, 15) is 9.50 Å². The average Bonchev–Trinajstić information content (AvgIpc) is 3.17. The van der Waals surface area contributed by atoms with Crippen LogP contribution >= 0.6 is 0 Å². The third-order valence-electron chi connectivity index (χ3n) is 5.35. The number of likely N-dealkylation sites (tertiary alicyclic amines) is 1. The van der Waals surface area contributed by atoms with Gasteiger partial charge in [-0.25, -0.2) is 19.3 Å². The van der Waals surface area contributed by atoms with Crippen molar-refractivity contribution in [2.24, 2.45) is 7.05 Å². The highest BCUT2D eigenvalue weighted by molar-refractivity contribution is 5.78. The first-order valence-electron chi connectivity index (χ1n) is 8.95. The first kappa shape index (κ1) is 17.7. The maximum Gasteiger partial charge on any atom is 0.200 e. The van der Waals surface area contributed by atoms with Gasteiger partial charge in [-0.3, -0.25) is 0 Å². The van der Waals surface area contributed by atoms with Crippen LogP contribution in [0, 0.1) is 12.7 Å². The van der Waals surface area contributed by atoms with Crippen molar-refractivity contribution in [2.75, 3.05) is 32.1 Å². The number of aromatic hydroxyl groups is 1. The molecule has 8 heteroatoms. The standard InChI is InChI=1S/C19H23FN6O/c1-11-7-12(20)8-14(27)16(11)18-23-17-19(26(18)4)21-9-15(22-17)25(3)13-5-6-24(2)10-13/h7-9,13,27H,5-6,10H2,1-4H3. The van der Waals surface area contributed by atoms with Crippen molar-refractivity contribution < 1.29 is 9.50 Å². The Bertz CT molecular complexity index is 994. The van der Waals surface area contributed by atoms with Crippen LogP contribution in [0.15, 0.2) is 18.3 Å². The number of anilines is 1. The summed E-state index contributed by atoms with van der Waals surface area (Å²) < 4.78 is 15.3. The molecule has 0 aliphatic carbocycles. The van der Waals surface area contributed by atoms with Crippen molar-refractivity contribution in [1.29, 1.82) is 0 Å². The van der Waals surface area contributed by atoms with E-state index < -0.39 is 5.82 Å². The molecule has 7 nitrogen and oxygen atoms in total. The molecule has 1 unspecified atom stereocenters. The fourth-order valence-electron chi connectivity index (χ4n) is 3.78. The van der Waals surface area contributed by atoms with Crippen LogP contribution in [-0.4, -0.2) is 62.8 Å². The van der Waals surface area contributed by atoms with E-state index in [1.165, 1.54) is 6.07 Å². The molecule has 142 valence electrons. The summed E-state index contributed by atoms with van der Waals surface area (Å²) in [4.78, 5) is 18.3. The Balaban J connectivity index is 1.76. The van der Waals surface area contributed by atoms with Crippen molar-refractivity contribution in [1.82, 2.24) is 24.4 Å². The maximum atomic E-state index is 13.5. The molecule has 1 N–H and O–H groups in total. The number of rotatable bonds is 3.